The molecule has 2 aromatic rings. The van der Waals surface area contributed by atoms with E-state index in [1.807, 2.05) is 6.07 Å². The van der Waals surface area contributed by atoms with Crippen LogP contribution >= 0.6 is 0 Å². The van der Waals surface area contributed by atoms with Crippen molar-refractivity contribution in [3.8, 4) is 17.2 Å². The van der Waals surface area contributed by atoms with E-state index in [0.29, 0.717) is 5.75 Å². The molecule has 7 nitrogen and oxygen atoms in total. The van der Waals surface area contributed by atoms with Crippen molar-refractivity contribution < 1.29 is 32.6 Å². The SMILES string of the molecule is C[C@@H](NC(=O)COc1ccccc1)C(=O)Nc1ccc2c(c1)OC(F)(F)O2. The third-order valence-electron chi connectivity index (χ3n) is 3.55. The Bertz CT molecular complexity index is 845. The maximum Gasteiger partial charge on any atom is 0.586 e. The first kappa shape index (κ1) is 18.4. The molecule has 142 valence electrons. The van der Waals surface area contributed by atoms with Crippen molar-refractivity contribution in [2.45, 2.75) is 19.3 Å². The van der Waals surface area contributed by atoms with Crippen molar-refractivity contribution in [1.82, 2.24) is 5.32 Å². The number of hydrogen-bond acceptors (Lipinski definition) is 5. The van der Waals surface area contributed by atoms with Gasteiger partial charge in [-0.3, -0.25) is 9.59 Å². The lowest BCUT2D eigenvalue weighted by Gasteiger charge is -2.14. The predicted molar refractivity (Wildman–Crippen MR) is 90.8 cm³/mol. The van der Waals surface area contributed by atoms with Gasteiger partial charge in [0.1, 0.15) is 11.8 Å². The number of fused-ring (bicyclic) bond motifs is 1. The molecule has 0 spiro atoms. The van der Waals surface area contributed by atoms with E-state index in [1.165, 1.54) is 25.1 Å². The fraction of sp³-hybridized carbons (Fsp3) is 0.222. The Morgan fingerprint density at radius 3 is 2.56 bits per heavy atom. The van der Waals surface area contributed by atoms with E-state index in [1.54, 1.807) is 24.3 Å². The predicted octanol–water partition coefficient (Wildman–Crippen LogP) is 2.53. The first-order chi connectivity index (χ1) is 12.8. The second-order valence-electron chi connectivity index (χ2n) is 5.71. The molecule has 1 aliphatic rings. The molecule has 0 fully saturated rings. The number of alkyl halides is 2. The number of nitrogens with one attached hydrogen (secondary N) is 2. The topological polar surface area (TPSA) is 85.9 Å². The molecule has 0 saturated carbocycles. The second-order valence-corrected chi connectivity index (χ2v) is 5.71. The number of amides is 2. The summed E-state index contributed by atoms with van der Waals surface area (Å²) < 4.78 is 39.9. The summed E-state index contributed by atoms with van der Waals surface area (Å²) in [5, 5.41) is 4.99. The van der Waals surface area contributed by atoms with Crippen LogP contribution in [0.2, 0.25) is 0 Å². The lowest BCUT2D eigenvalue weighted by atomic mass is 10.2. The summed E-state index contributed by atoms with van der Waals surface area (Å²) in [6.07, 6.45) is -3.73. The summed E-state index contributed by atoms with van der Waals surface area (Å²) in [7, 11) is 0. The molecule has 0 unspecified atom stereocenters. The van der Waals surface area contributed by atoms with Crippen LogP contribution in [0.1, 0.15) is 6.92 Å². The van der Waals surface area contributed by atoms with E-state index >= 15 is 0 Å². The number of carbonyl (C=O) groups is 2. The third kappa shape index (κ3) is 4.84. The van der Waals surface area contributed by atoms with E-state index in [-0.39, 0.29) is 23.8 Å². The van der Waals surface area contributed by atoms with Gasteiger partial charge in [-0.25, -0.2) is 0 Å². The molecule has 2 aromatic carbocycles. The molecule has 0 saturated heterocycles. The highest BCUT2D eigenvalue weighted by Crippen LogP contribution is 2.42. The zero-order chi connectivity index (χ0) is 19.4. The Hall–Kier alpha value is -3.36. The molecule has 9 heteroatoms. The van der Waals surface area contributed by atoms with Crippen molar-refractivity contribution >= 4 is 17.5 Å². The van der Waals surface area contributed by atoms with Gasteiger partial charge in [-0.2, -0.15) is 0 Å². The number of ether oxygens (including phenoxy) is 3. The second kappa shape index (κ2) is 7.48. The summed E-state index contributed by atoms with van der Waals surface area (Å²) in [6, 6.07) is 11.7. The summed E-state index contributed by atoms with van der Waals surface area (Å²) in [5.74, 6) is -0.800. The molecule has 1 heterocycles. The highest BCUT2D eigenvalue weighted by Gasteiger charge is 2.43. The zero-order valence-electron chi connectivity index (χ0n) is 14.2. The van der Waals surface area contributed by atoms with E-state index in [0.717, 1.165) is 0 Å². The minimum absolute atomic E-state index is 0.127. The van der Waals surface area contributed by atoms with Gasteiger partial charge in [0.15, 0.2) is 18.1 Å². The first-order valence-corrected chi connectivity index (χ1v) is 8.00. The molecule has 0 radical (unpaired) electrons. The number of para-hydroxylation sites is 1. The molecular formula is C18H16F2N2O5. The maximum absolute atomic E-state index is 13.0. The lowest BCUT2D eigenvalue weighted by molar-refractivity contribution is -0.286. The maximum atomic E-state index is 13.0. The minimum Gasteiger partial charge on any atom is -0.484 e. The smallest absolute Gasteiger partial charge is 0.484 e. The molecule has 0 bridgehead atoms. The number of rotatable bonds is 6. The first-order valence-electron chi connectivity index (χ1n) is 8.00. The van der Waals surface area contributed by atoms with Gasteiger partial charge >= 0.3 is 6.29 Å². The van der Waals surface area contributed by atoms with Crippen LogP contribution in [0.3, 0.4) is 0 Å². The summed E-state index contributed by atoms with van der Waals surface area (Å²) >= 11 is 0. The molecule has 1 aliphatic heterocycles. The van der Waals surface area contributed by atoms with Crippen molar-refractivity contribution in [2.24, 2.45) is 0 Å². The highest BCUT2D eigenvalue weighted by atomic mass is 19.3. The normalized spacial score (nSPS) is 14.9. The third-order valence-corrected chi connectivity index (χ3v) is 3.55. The van der Waals surface area contributed by atoms with E-state index in [9.17, 15) is 18.4 Å². The average molecular weight is 378 g/mol. The van der Waals surface area contributed by atoms with Gasteiger partial charge in [0, 0.05) is 11.8 Å². The molecule has 0 aliphatic carbocycles. The quantitative estimate of drug-likeness (QED) is 0.807. The van der Waals surface area contributed by atoms with Gasteiger partial charge in [0.2, 0.25) is 5.91 Å². The van der Waals surface area contributed by atoms with Crippen molar-refractivity contribution in [3.63, 3.8) is 0 Å². The molecule has 1 atom stereocenters. The molecule has 2 amide bonds. The van der Waals surface area contributed by atoms with E-state index in [2.05, 4.69) is 20.1 Å². The summed E-state index contributed by atoms with van der Waals surface area (Å²) in [4.78, 5) is 24.0. The standard InChI is InChI=1S/C18H16F2N2O5/c1-11(21-16(23)10-25-13-5-3-2-4-6-13)17(24)22-12-7-8-14-15(9-12)27-18(19,20)26-14/h2-9,11H,10H2,1H3,(H,21,23)(H,22,24)/t11-/m1/s1. The lowest BCUT2D eigenvalue weighted by Crippen LogP contribution is -2.43. The Morgan fingerprint density at radius 1 is 1.11 bits per heavy atom. The van der Waals surface area contributed by atoms with Gasteiger partial charge in [0.25, 0.3) is 5.91 Å². The van der Waals surface area contributed by atoms with Crippen molar-refractivity contribution in [3.05, 3.63) is 48.5 Å². The largest absolute Gasteiger partial charge is 0.586 e. The zero-order valence-corrected chi connectivity index (χ0v) is 14.2. The van der Waals surface area contributed by atoms with Crippen LogP contribution in [0.5, 0.6) is 17.2 Å². The number of halogens is 2. The molecular weight excluding hydrogens is 362 g/mol. The molecule has 2 N–H and O–H groups in total. The van der Waals surface area contributed by atoms with Crippen molar-refractivity contribution in [2.75, 3.05) is 11.9 Å². The average Bonchev–Trinajstić information content (AvgIpc) is 2.94. The minimum atomic E-state index is -3.73. The molecule has 27 heavy (non-hydrogen) atoms. The fourth-order valence-electron chi connectivity index (χ4n) is 2.29. The Balaban J connectivity index is 1.50. The number of hydrogen-bond donors (Lipinski definition) is 2. The number of benzene rings is 2. The van der Waals surface area contributed by atoms with Crippen LogP contribution in [-0.2, 0) is 9.59 Å². The van der Waals surface area contributed by atoms with Crippen LogP contribution in [-0.4, -0.2) is 30.8 Å². The summed E-state index contributed by atoms with van der Waals surface area (Å²) in [5.41, 5.74) is 0.224. The van der Waals surface area contributed by atoms with Crippen LogP contribution in [0.4, 0.5) is 14.5 Å². The number of anilines is 1. The fourth-order valence-corrected chi connectivity index (χ4v) is 2.29. The van der Waals surface area contributed by atoms with Crippen molar-refractivity contribution in [1.29, 1.82) is 0 Å². The molecule has 0 aromatic heterocycles. The monoisotopic (exact) mass is 378 g/mol. The molecule has 3 rings (SSSR count). The van der Waals surface area contributed by atoms with E-state index < -0.39 is 24.2 Å². The summed E-state index contributed by atoms with van der Waals surface area (Å²) in [6.45, 7) is 1.23. The number of carbonyl (C=O) groups excluding carboxylic acids is 2. The van der Waals surface area contributed by atoms with Crippen LogP contribution in [0.25, 0.3) is 0 Å². The van der Waals surface area contributed by atoms with Gasteiger partial charge < -0.3 is 24.8 Å². The van der Waals surface area contributed by atoms with Gasteiger partial charge in [-0.15, -0.1) is 8.78 Å². The van der Waals surface area contributed by atoms with Gasteiger partial charge in [-0.05, 0) is 31.2 Å². The van der Waals surface area contributed by atoms with Gasteiger partial charge in [0.05, 0.1) is 0 Å². The Labute approximate surface area is 153 Å². The van der Waals surface area contributed by atoms with E-state index in [4.69, 9.17) is 4.74 Å². The van der Waals surface area contributed by atoms with Crippen LogP contribution in [0, 0.1) is 0 Å². The van der Waals surface area contributed by atoms with Crippen LogP contribution in [0.15, 0.2) is 48.5 Å². The highest BCUT2D eigenvalue weighted by molar-refractivity contribution is 5.97. The Morgan fingerprint density at radius 2 is 1.81 bits per heavy atom. The Kier molecular flexibility index (Phi) is 5.11. The van der Waals surface area contributed by atoms with Gasteiger partial charge in [-0.1, -0.05) is 18.2 Å². The van der Waals surface area contributed by atoms with Crippen LogP contribution < -0.4 is 24.8 Å².